The maximum absolute atomic E-state index is 10.7. The summed E-state index contributed by atoms with van der Waals surface area (Å²) in [6.07, 6.45) is 2.17. The van der Waals surface area contributed by atoms with E-state index in [9.17, 15) is 9.59 Å². The standard InChI is InChI=1S/C8H15NO2/c1-3-8(4-7(2)11)5-9-6-10/h6,8H,3-5H2,1-2H3,(H,9,10). The minimum atomic E-state index is 0.185. The molecule has 3 nitrogen and oxygen atoms in total. The highest BCUT2D eigenvalue weighted by molar-refractivity contribution is 5.75. The Balaban J connectivity index is 3.57. The summed E-state index contributed by atoms with van der Waals surface area (Å²) in [4.78, 5) is 20.6. The molecule has 0 aromatic rings. The molecule has 11 heavy (non-hydrogen) atoms. The van der Waals surface area contributed by atoms with Crippen LogP contribution in [0, 0.1) is 5.92 Å². The topological polar surface area (TPSA) is 46.2 Å². The van der Waals surface area contributed by atoms with Crippen LogP contribution in [0.25, 0.3) is 0 Å². The van der Waals surface area contributed by atoms with Gasteiger partial charge in [0, 0.05) is 13.0 Å². The van der Waals surface area contributed by atoms with Crippen molar-refractivity contribution in [3.8, 4) is 0 Å². The van der Waals surface area contributed by atoms with Crippen LogP contribution in [0.3, 0.4) is 0 Å². The molecular weight excluding hydrogens is 142 g/mol. The molecule has 0 aromatic carbocycles. The highest BCUT2D eigenvalue weighted by Gasteiger charge is 2.07. The molecule has 0 radical (unpaired) electrons. The van der Waals surface area contributed by atoms with Gasteiger partial charge in [-0.15, -0.1) is 0 Å². The Morgan fingerprint density at radius 2 is 2.27 bits per heavy atom. The van der Waals surface area contributed by atoms with Gasteiger partial charge in [-0.1, -0.05) is 13.3 Å². The molecule has 1 atom stereocenters. The van der Waals surface area contributed by atoms with E-state index in [1.54, 1.807) is 6.92 Å². The Kier molecular flexibility index (Phi) is 5.43. The highest BCUT2D eigenvalue weighted by Crippen LogP contribution is 2.06. The third kappa shape index (κ3) is 5.58. The van der Waals surface area contributed by atoms with Crippen molar-refractivity contribution in [2.45, 2.75) is 26.7 Å². The number of hydrogen-bond acceptors (Lipinski definition) is 2. The van der Waals surface area contributed by atoms with E-state index < -0.39 is 0 Å². The molecule has 3 heteroatoms. The molecule has 0 saturated heterocycles. The molecule has 1 N–H and O–H groups in total. The minimum Gasteiger partial charge on any atom is -0.358 e. The molecule has 1 amide bonds. The molecule has 0 aliphatic rings. The first kappa shape index (κ1) is 10.1. The lowest BCUT2D eigenvalue weighted by Gasteiger charge is -2.10. The first-order valence-electron chi connectivity index (χ1n) is 3.87. The summed E-state index contributed by atoms with van der Waals surface area (Å²) >= 11 is 0. The Hall–Kier alpha value is -0.860. The van der Waals surface area contributed by atoms with E-state index in [4.69, 9.17) is 0 Å². The summed E-state index contributed by atoms with van der Waals surface area (Å²) in [5.74, 6) is 0.488. The van der Waals surface area contributed by atoms with Crippen LogP contribution in [-0.2, 0) is 9.59 Å². The summed E-state index contributed by atoms with van der Waals surface area (Å²) in [7, 11) is 0. The molecule has 0 aliphatic carbocycles. The van der Waals surface area contributed by atoms with E-state index in [0.717, 1.165) is 6.42 Å². The van der Waals surface area contributed by atoms with Crippen LogP contribution >= 0.6 is 0 Å². The van der Waals surface area contributed by atoms with Crippen molar-refractivity contribution in [1.82, 2.24) is 5.32 Å². The number of hydrogen-bond donors (Lipinski definition) is 1. The molecule has 0 saturated carbocycles. The van der Waals surface area contributed by atoms with Crippen molar-refractivity contribution in [1.29, 1.82) is 0 Å². The maximum atomic E-state index is 10.7. The summed E-state index contributed by atoms with van der Waals surface area (Å²) < 4.78 is 0. The van der Waals surface area contributed by atoms with Gasteiger partial charge >= 0.3 is 0 Å². The van der Waals surface area contributed by atoms with Crippen LogP contribution in [0.1, 0.15) is 26.7 Å². The molecule has 0 aromatic heterocycles. The molecule has 1 unspecified atom stereocenters. The van der Waals surface area contributed by atoms with E-state index in [1.165, 1.54) is 0 Å². The number of carbonyl (C=O) groups excluding carboxylic acids is 2. The van der Waals surface area contributed by atoms with E-state index >= 15 is 0 Å². The van der Waals surface area contributed by atoms with Gasteiger partial charge in [-0.05, 0) is 12.8 Å². The van der Waals surface area contributed by atoms with Gasteiger partial charge in [0.05, 0.1) is 0 Å². The first-order chi connectivity index (χ1) is 5.20. The Morgan fingerprint density at radius 1 is 1.64 bits per heavy atom. The molecule has 0 aliphatic heterocycles. The van der Waals surface area contributed by atoms with Crippen molar-refractivity contribution in [3.63, 3.8) is 0 Å². The number of ketones is 1. The molecule has 0 rings (SSSR count). The fourth-order valence-corrected chi connectivity index (χ4v) is 0.982. The van der Waals surface area contributed by atoms with Gasteiger partial charge < -0.3 is 10.1 Å². The largest absolute Gasteiger partial charge is 0.358 e. The SMILES string of the molecule is CCC(CNC=O)CC(C)=O. The number of rotatable bonds is 6. The zero-order valence-corrected chi connectivity index (χ0v) is 7.09. The second kappa shape index (κ2) is 5.89. The molecule has 64 valence electrons. The third-order valence-electron chi connectivity index (χ3n) is 1.64. The van der Waals surface area contributed by atoms with Gasteiger partial charge in [-0.3, -0.25) is 4.79 Å². The number of carbonyl (C=O) groups is 2. The minimum absolute atomic E-state index is 0.185. The lowest BCUT2D eigenvalue weighted by atomic mass is 10.0. The lowest BCUT2D eigenvalue weighted by Crippen LogP contribution is -2.22. The Morgan fingerprint density at radius 3 is 2.64 bits per heavy atom. The van der Waals surface area contributed by atoms with Crippen molar-refractivity contribution >= 4 is 12.2 Å². The number of amides is 1. The monoisotopic (exact) mass is 157 g/mol. The average Bonchev–Trinajstić information content (AvgIpc) is 1.97. The van der Waals surface area contributed by atoms with Crippen LogP contribution in [0.4, 0.5) is 0 Å². The second-order valence-electron chi connectivity index (χ2n) is 2.71. The van der Waals surface area contributed by atoms with Crippen molar-refractivity contribution in [3.05, 3.63) is 0 Å². The van der Waals surface area contributed by atoms with Crippen LogP contribution in [0.5, 0.6) is 0 Å². The molecule has 0 spiro atoms. The van der Waals surface area contributed by atoms with Gasteiger partial charge in [0.25, 0.3) is 0 Å². The summed E-state index contributed by atoms with van der Waals surface area (Å²) in [5, 5.41) is 2.57. The van der Waals surface area contributed by atoms with Gasteiger partial charge in [0.2, 0.25) is 6.41 Å². The predicted octanol–water partition coefficient (Wildman–Crippen LogP) is 0.738. The quantitative estimate of drug-likeness (QED) is 0.578. The van der Waals surface area contributed by atoms with E-state index in [-0.39, 0.29) is 5.78 Å². The van der Waals surface area contributed by atoms with E-state index in [2.05, 4.69) is 5.32 Å². The zero-order chi connectivity index (χ0) is 8.69. The smallest absolute Gasteiger partial charge is 0.207 e. The lowest BCUT2D eigenvalue weighted by molar-refractivity contribution is -0.118. The highest BCUT2D eigenvalue weighted by atomic mass is 16.1. The fourth-order valence-electron chi connectivity index (χ4n) is 0.982. The molecule has 0 fully saturated rings. The zero-order valence-electron chi connectivity index (χ0n) is 7.09. The van der Waals surface area contributed by atoms with Crippen LogP contribution < -0.4 is 5.32 Å². The van der Waals surface area contributed by atoms with Crippen LogP contribution in [0.15, 0.2) is 0 Å². The van der Waals surface area contributed by atoms with Gasteiger partial charge in [-0.2, -0.15) is 0 Å². The van der Waals surface area contributed by atoms with Crippen molar-refractivity contribution in [2.24, 2.45) is 5.92 Å². The third-order valence-corrected chi connectivity index (χ3v) is 1.64. The van der Waals surface area contributed by atoms with E-state index in [0.29, 0.717) is 25.3 Å². The van der Waals surface area contributed by atoms with Crippen molar-refractivity contribution in [2.75, 3.05) is 6.54 Å². The van der Waals surface area contributed by atoms with Gasteiger partial charge in [-0.25, -0.2) is 0 Å². The summed E-state index contributed by atoms with van der Waals surface area (Å²) in [6.45, 7) is 4.20. The molecule has 0 bridgehead atoms. The summed E-state index contributed by atoms with van der Waals surface area (Å²) in [5.41, 5.74) is 0. The van der Waals surface area contributed by atoms with Gasteiger partial charge in [0.15, 0.2) is 0 Å². The molecule has 0 heterocycles. The van der Waals surface area contributed by atoms with Crippen LogP contribution in [-0.4, -0.2) is 18.7 Å². The van der Waals surface area contributed by atoms with E-state index in [1.807, 2.05) is 6.92 Å². The fraction of sp³-hybridized carbons (Fsp3) is 0.750. The maximum Gasteiger partial charge on any atom is 0.207 e. The predicted molar refractivity (Wildman–Crippen MR) is 43.1 cm³/mol. The normalized spacial score (nSPS) is 12.2. The summed E-state index contributed by atoms with van der Waals surface area (Å²) in [6, 6.07) is 0. The second-order valence-corrected chi connectivity index (χ2v) is 2.71. The Labute approximate surface area is 67.2 Å². The molecular formula is C8H15NO2. The number of Topliss-reactive ketones (excluding diaryl/α,β-unsaturated/α-hetero) is 1. The number of nitrogens with one attached hydrogen (secondary N) is 1. The average molecular weight is 157 g/mol. The van der Waals surface area contributed by atoms with Crippen molar-refractivity contribution < 1.29 is 9.59 Å². The van der Waals surface area contributed by atoms with Crippen LogP contribution in [0.2, 0.25) is 0 Å². The first-order valence-corrected chi connectivity index (χ1v) is 3.87. The van der Waals surface area contributed by atoms with Gasteiger partial charge in [0.1, 0.15) is 5.78 Å². The Bertz CT molecular complexity index is 134.